The Morgan fingerprint density at radius 3 is 2.43 bits per heavy atom. The van der Waals surface area contributed by atoms with Crippen LogP contribution in [0.1, 0.15) is 11.3 Å². The summed E-state index contributed by atoms with van der Waals surface area (Å²) >= 11 is 0. The van der Waals surface area contributed by atoms with Gasteiger partial charge in [-0.15, -0.1) is 0 Å². The van der Waals surface area contributed by atoms with E-state index < -0.39 is 0 Å². The van der Waals surface area contributed by atoms with Crippen molar-refractivity contribution in [3.05, 3.63) is 41.6 Å². The lowest BCUT2D eigenvalue weighted by Gasteiger charge is -2.02. The number of benzene rings is 1. The highest BCUT2D eigenvalue weighted by atomic mass is 127. The van der Waals surface area contributed by atoms with Crippen LogP contribution in [0.15, 0.2) is 30.3 Å². The normalized spacial score (nSPS) is 9.93. The number of pyridine rings is 1. The Morgan fingerprint density at radius 2 is 1.71 bits per heavy atom. The third-order valence-corrected chi connectivity index (χ3v) is 2.74. The molecule has 0 amide bonds. The largest absolute Gasteiger partial charge is 1.00 e. The van der Waals surface area contributed by atoms with Crippen molar-refractivity contribution in [1.29, 1.82) is 0 Å². The van der Waals surface area contributed by atoms with Crippen LogP contribution in [0.4, 0.5) is 0 Å². The highest BCUT2D eigenvalue weighted by Gasteiger charge is 2.09. The van der Waals surface area contributed by atoms with E-state index in [0.29, 0.717) is 0 Å². The Balaban J connectivity index is 0.000000980. The summed E-state index contributed by atoms with van der Waals surface area (Å²) in [7, 11) is 2.12. The Bertz CT molecular complexity index is 463. The minimum absolute atomic E-state index is 0. The van der Waals surface area contributed by atoms with Crippen molar-refractivity contribution in [2.45, 2.75) is 13.8 Å². The van der Waals surface area contributed by atoms with Crippen LogP contribution in [-0.4, -0.2) is 0 Å². The molecule has 0 fully saturated rings. The van der Waals surface area contributed by atoms with Crippen molar-refractivity contribution in [3.8, 4) is 0 Å². The van der Waals surface area contributed by atoms with Gasteiger partial charge in [-0.25, -0.2) is 0 Å². The lowest BCUT2D eigenvalue weighted by atomic mass is 10.1. The molecular formula is C12H14IN. The topological polar surface area (TPSA) is 3.88 Å². The van der Waals surface area contributed by atoms with Gasteiger partial charge in [0.15, 0.2) is 5.69 Å². The molecule has 0 radical (unpaired) electrons. The number of hydrogen-bond donors (Lipinski definition) is 0. The summed E-state index contributed by atoms with van der Waals surface area (Å²) in [4.78, 5) is 0. The second-order valence-electron chi connectivity index (χ2n) is 3.53. The van der Waals surface area contributed by atoms with Crippen molar-refractivity contribution < 1.29 is 28.5 Å². The molecule has 0 bridgehead atoms. The van der Waals surface area contributed by atoms with E-state index in [2.05, 4.69) is 55.8 Å². The van der Waals surface area contributed by atoms with Crippen LogP contribution in [0.3, 0.4) is 0 Å². The molecule has 1 aromatic carbocycles. The molecule has 2 rings (SSSR count). The second-order valence-corrected chi connectivity index (χ2v) is 3.53. The van der Waals surface area contributed by atoms with Crippen LogP contribution in [0, 0.1) is 13.8 Å². The van der Waals surface area contributed by atoms with Gasteiger partial charge in [0.1, 0.15) is 7.05 Å². The van der Waals surface area contributed by atoms with Gasteiger partial charge in [-0.3, -0.25) is 0 Å². The van der Waals surface area contributed by atoms with Crippen LogP contribution in [0.2, 0.25) is 0 Å². The number of rotatable bonds is 0. The van der Waals surface area contributed by atoms with Gasteiger partial charge in [-0.05, 0) is 19.1 Å². The predicted octanol–water partition coefficient (Wildman–Crippen LogP) is -0.715. The van der Waals surface area contributed by atoms with Crippen LogP contribution < -0.4 is 28.5 Å². The second kappa shape index (κ2) is 4.26. The molecule has 0 aliphatic carbocycles. The number of halogens is 1. The zero-order valence-electron chi connectivity index (χ0n) is 8.71. The SMILES string of the molecule is Cc1cc2ccccc2[n+](C)c1C.[I-]. The number of hydrogen-bond acceptors (Lipinski definition) is 0. The first-order valence-electron chi connectivity index (χ1n) is 4.55. The lowest BCUT2D eigenvalue weighted by molar-refractivity contribution is -0.651. The molecule has 0 N–H and O–H groups in total. The molecular weight excluding hydrogens is 285 g/mol. The first-order valence-corrected chi connectivity index (χ1v) is 4.55. The van der Waals surface area contributed by atoms with Crippen molar-refractivity contribution in [3.63, 3.8) is 0 Å². The molecule has 0 saturated heterocycles. The van der Waals surface area contributed by atoms with Crippen LogP contribution in [-0.2, 0) is 7.05 Å². The van der Waals surface area contributed by atoms with Crippen LogP contribution in [0.25, 0.3) is 10.9 Å². The van der Waals surface area contributed by atoms with Gasteiger partial charge in [-0.2, -0.15) is 4.57 Å². The third kappa shape index (κ3) is 1.75. The Hall–Kier alpha value is -0.640. The first kappa shape index (κ1) is 11.4. The minimum atomic E-state index is 0. The maximum atomic E-state index is 2.24. The van der Waals surface area contributed by atoms with Crippen molar-refractivity contribution in [2.24, 2.45) is 7.05 Å². The predicted molar refractivity (Wildman–Crippen MR) is 54.6 cm³/mol. The standard InChI is InChI=1S/C12H14N.HI/c1-9-8-11-6-4-5-7-12(11)13(3)10(9)2;/h4-8H,1-3H3;1H/q+1;/p-1. The summed E-state index contributed by atoms with van der Waals surface area (Å²) in [5.41, 5.74) is 3.98. The molecule has 74 valence electrons. The molecule has 14 heavy (non-hydrogen) atoms. The highest BCUT2D eigenvalue weighted by Crippen LogP contribution is 2.12. The Labute approximate surface area is 102 Å². The Morgan fingerprint density at radius 1 is 1.07 bits per heavy atom. The lowest BCUT2D eigenvalue weighted by Crippen LogP contribution is -3.00. The number of nitrogens with zero attached hydrogens (tertiary/aromatic N) is 1. The molecule has 1 heterocycles. The molecule has 1 nitrogen and oxygen atoms in total. The number of aromatic nitrogens is 1. The zero-order chi connectivity index (χ0) is 9.42. The molecule has 2 aromatic rings. The average molecular weight is 299 g/mol. The monoisotopic (exact) mass is 299 g/mol. The fraction of sp³-hybridized carbons (Fsp3) is 0.250. The summed E-state index contributed by atoms with van der Waals surface area (Å²) in [6.07, 6.45) is 0. The highest BCUT2D eigenvalue weighted by molar-refractivity contribution is 5.76. The number of para-hydroxylation sites is 1. The summed E-state index contributed by atoms with van der Waals surface area (Å²) < 4.78 is 2.24. The Kier molecular flexibility index (Phi) is 3.48. The van der Waals surface area contributed by atoms with Gasteiger partial charge in [-0.1, -0.05) is 12.1 Å². The molecule has 0 atom stereocenters. The summed E-state index contributed by atoms with van der Waals surface area (Å²) in [6.45, 7) is 4.31. The molecule has 0 saturated carbocycles. The van der Waals surface area contributed by atoms with E-state index in [0.717, 1.165) is 0 Å². The molecule has 0 unspecified atom stereocenters. The van der Waals surface area contributed by atoms with Crippen LogP contribution >= 0.6 is 0 Å². The number of aryl methyl sites for hydroxylation is 2. The summed E-state index contributed by atoms with van der Waals surface area (Å²) in [6, 6.07) is 10.7. The molecule has 2 heteroatoms. The zero-order valence-corrected chi connectivity index (χ0v) is 10.9. The van der Waals surface area contributed by atoms with E-state index in [4.69, 9.17) is 0 Å². The van der Waals surface area contributed by atoms with E-state index in [-0.39, 0.29) is 24.0 Å². The van der Waals surface area contributed by atoms with Crippen LogP contribution in [0.5, 0.6) is 0 Å². The van der Waals surface area contributed by atoms with Crippen molar-refractivity contribution in [1.82, 2.24) is 0 Å². The van der Waals surface area contributed by atoms with Gasteiger partial charge in [0.25, 0.3) is 0 Å². The fourth-order valence-corrected chi connectivity index (χ4v) is 1.70. The summed E-state index contributed by atoms with van der Waals surface area (Å²) in [5.74, 6) is 0. The fourth-order valence-electron chi connectivity index (χ4n) is 1.70. The third-order valence-electron chi connectivity index (χ3n) is 2.74. The maximum Gasteiger partial charge on any atom is 0.212 e. The first-order chi connectivity index (χ1) is 6.20. The quantitative estimate of drug-likeness (QED) is 0.447. The van der Waals surface area contributed by atoms with Gasteiger partial charge in [0.05, 0.1) is 0 Å². The smallest absolute Gasteiger partial charge is 0.212 e. The van der Waals surface area contributed by atoms with E-state index in [1.54, 1.807) is 0 Å². The van der Waals surface area contributed by atoms with Gasteiger partial charge in [0.2, 0.25) is 5.52 Å². The van der Waals surface area contributed by atoms with E-state index >= 15 is 0 Å². The molecule has 0 spiro atoms. The van der Waals surface area contributed by atoms with Gasteiger partial charge < -0.3 is 24.0 Å². The van der Waals surface area contributed by atoms with Gasteiger partial charge in [0, 0.05) is 23.9 Å². The minimum Gasteiger partial charge on any atom is -1.00 e. The number of fused-ring (bicyclic) bond motifs is 1. The average Bonchev–Trinajstić information content (AvgIpc) is 2.15. The van der Waals surface area contributed by atoms with Crippen molar-refractivity contribution in [2.75, 3.05) is 0 Å². The maximum absolute atomic E-state index is 2.24. The molecule has 0 aliphatic rings. The molecule has 0 aliphatic heterocycles. The van der Waals surface area contributed by atoms with Crippen molar-refractivity contribution >= 4 is 10.9 Å². The van der Waals surface area contributed by atoms with Gasteiger partial charge >= 0.3 is 0 Å². The molecule has 1 aromatic heterocycles. The van der Waals surface area contributed by atoms with E-state index in [1.165, 1.54) is 22.2 Å². The van der Waals surface area contributed by atoms with E-state index in [1.807, 2.05) is 0 Å². The van der Waals surface area contributed by atoms with E-state index in [9.17, 15) is 0 Å². The summed E-state index contributed by atoms with van der Waals surface area (Å²) in [5, 5.41) is 1.31.